The molecule has 0 bridgehead atoms. The van der Waals surface area contributed by atoms with E-state index in [2.05, 4.69) is 16.0 Å². The minimum atomic E-state index is -0.462. The average molecular weight is 366 g/mol. The van der Waals surface area contributed by atoms with Gasteiger partial charge in [0.1, 0.15) is 0 Å². The van der Waals surface area contributed by atoms with Crippen LogP contribution >= 0.6 is 0 Å². The van der Waals surface area contributed by atoms with Gasteiger partial charge in [0.05, 0.1) is 19.8 Å². The summed E-state index contributed by atoms with van der Waals surface area (Å²) in [6, 6.07) is 2.94. The summed E-state index contributed by atoms with van der Waals surface area (Å²) in [4.78, 5) is 11.9. The highest BCUT2D eigenvalue weighted by Gasteiger charge is 2.17. The molecule has 4 N–H and O–H groups in total. The average Bonchev–Trinajstić information content (AvgIpc) is 2.49. The van der Waals surface area contributed by atoms with Crippen molar-refractivity contribution in [3.8, 4) is 17.2 Å². The van der Waals surface area contributed by atoms with Crippen molar-refractivity contribution in [2.75, 3.05) is 25.1 Å². The molecule has 0 aliphatic heterocycles. The molecule has 0 radical (unpaired) electrons. The Bertz CT molecular complexity index is 599. The summed E-state index contributed by atoms with van der Waals surface area (Å²) in [5.41, 5.74) is 0.148. The third kappa shape index (κ3) is 7.08. The van der Waals surface area contributed by atoms with Crippen molar-refractivity contribution in [3.05, 3.63) is 12.1 Å². The maximum Gasteiger partial charge on any atom is 0.321 e. The molecule has 0 heterocycles. The van der Waals surface area contributed by atoms with Crippen molar-refractivity contribution in [2.45, 2.75) is 47.1 Å². The van der Waals surface area contributed by atoms with Gasteiger partial charge in [-0.05, 0) is 41.5 Å². The number of carbonyl (C=O) groups is 1. The SMILES string of the molecule is CCOc1cc(NC(=N)NC(=O)NC(C)(C)C)cc(OCC)c1OCC. The number of benzene rings is 1. The molecule has 26 heavy (non-hydrogen) atoms. The van der Waals surface area contributed by atoms with Crippen LogP contribution < -0.4 is 30.2 Å². The van der Waals surface area contributed by atoms with Crippen LogP contribution in [0.25, 0.3) is 0 Å². The van der Waals surface area contributed by atoms with Crippen LogP contribution in [-0.2, 0) is 0 Å². The van der Waals surface area contributed by atoms with Gasteiger partial charge in [-0.25, -0.2) is 4.79 Å². The van der Waals surface area contributed by atoms with Crippen LogP contribution in [0.3, 0.4) is 0 Å². The first kappa shape index (κ1) is 21.4. The lowest BCUT2D eigenvalue weighted by atomic mass is 10.1. The number of guanidine groups is 1. The zero-order chi connectivity index (χ0) is 19.7. The molecule has 0 saturated carbocycles. The van der Waals surface area contributed by atoms with Crippen molar-refractivity contribution < 1.29 is 19.0 Å². The molecule has 8 heteroatoms. The number of nitrogens with one attached hydrogen (secondary N) is 4. The maximum absolute atomic E-state index is 11.9. The van der Waals surface area contributed by atoms with Gasteiger partial charge in [-0.3, -0.25) is 10.7 Å². The van der Waals surface area contributed by atoms with Crippen LogP contribution in [0.5, 0.6) is 17.2 Å². The Hall–Kier alpha value is -2.64. The number of amides is 2. The largest absolute Gasteiger partial charge is 0.490 e. The Labute approximate surface area is 155 Å². The van der Waals surface area contributed by atoms with E-state index in [1.807, 2.05) is 41.5 Å². The van der Waals surface area contributed by atoms with Crippen molar-refractivity contribution >= 4 is 17.7 Å². The maximum atomic E-state index is 11.9. The Kier molecular flexibility index (Phi) is 8.02. The summed E-state index contributed by atoms with van der Waals surface area (Å²) in [5, 5.41) is 15.9. The topological polar surface area (TPSA) is 105 Å². The number of urea groups is 1. The third-order valence-electron chi connectivity index (χ3n) is 2.91. The normalized spacial score (nSPS) is 10.7. The number of carbonyl (C=O) groups excluding carboxylic acids is 1. The fourth-order valence-electron chi connectivity index (χ4n) is 2.12. The van der Waals surface area contributed by atoms with E-state index >= 15 is 0 Å². The summed E-state index contributed by atoms with van der Waals surface area (Å²) in [6.07, 6.45) is 0. The van der Waals surface area contributed by atoms with Gasteiger partial charge in [0, 0.05) is 23.4 Å². The first-order valence-electron chi connectivity index (χ1n) is 8.71. The lowest BCUT2D eigenvalue weighted by Crippen LogP contribution is -2.49. The highest BCUT2D eigenvalue weighted by atomic mass is 16.5. The Morgan fingerprint density at radius 2 is 1.50 bits per heavy atom. The molecule has 2 amide bonds. The fraction of sp³-hybridized carbons (Fsp3) is 0.556. The number of hydrogen-bond donors (Lipinski definition) is 4. The van der Waals surface area contributed by atoms with E-state index in [1.165, 1.54) is 0 Å². The van der Waals surface area contributed by atoms with Crippen molar-refractivity contribution in [2.24, 2.45) is 0 Å². The monoisotopic (exact) mass is 366 g/mol. The first-order valence-corrected chi connectivity index (χ1v) is 8.71. The van der Waals surface area contributed by atoms with Gasteiger partial charge >= 0.3 is 6.03 Å². The number of hydrogen-bond acceptors (Lipinski definition) is 5. The summed E-state index contributed by atoms with van der Waals surface area (Å²) in [5.74, 6) is 1.37. The second kappa shape index (κ2) is 9.74. The van der Waals surface area contributed by atoms with Crippen molar-refractivity contribution in [1.82, 2.24) is 10.6 Å². The van der Waals surface area contributed by atoms with Crippen LogP contribution in [0.4, 0.5) is 10.5 Å². The molecule has 8 nitrogen and oxygen atoms in total. The van der Waals surface area contributed by atoms with E-state index in [-0.39, 0.29) is 5.96 Å². The number of ether oxygens (including phenoxy) is 3. The second-order valence-electron chi connectivity index (χ2n) is 6.43. The Morgan fingerprint density at radius 1 is 1.00 bits per heavy atom. The molecule has 0 spiro atoms. The van der Waals surface area contributed by atoms with Gasteiger partial charge in [-0.2, -0.15) is 0 Å². The van der Waals surface area contributed by atoms with Crippen LogP contribution in [-0.4, -0.2) is 37.4 Å². The van der Waals surface area contributed by atoms with Gasteiger partial charge in [0.15, 0.2) is 11.5 Å². The van der Waals surface area contributed by atoms with Gasteiger partial charge in [0.25, 0.3) is 0 Å². The third-order valence-corrected chi connectivity index (χ3v) is 2.91. The quantitative estimate of drug-likeness (QED) is 0.438. The highest BCUT2D eigenvalue weighted by Crippen LogP contribution is 2.40. The molecule has 1 rings (SSSR count). The molecule has 0 atom stereocenters. The molecule has 146 valence electrons. The summed E-state index contributed by atoms with van der Waals surface area (Å²) in [7, 11) is 0. The standard InChI is InChI=1S/C18H30N4O4/c1-7-24-13-10-12(11-14(25-8-2)15(13)26-9-3)20-16(19)21-17(23)22-18(4,5)6/h10-11H,7-9H2,1-6H3,(H4,19,20,21,22,23). The van der Waals surface area contributed by atoms with Gasteiger partial charge in [-0.15, -0.1) is 0 Å². The Balaban J connectivity index is 2.97. The van der Waals surface area contributed by atoms with E-state index in [4.69, 9.17) is 19.6 Å². The molecule has 1 aromatic rings. The van der Waals surface area contributed by atoms with Crippen LogP contribution in [0.15, 0.2) is 12.1 Å². The number of anilines is 1. The first-order chi connectivity index (χ1) is 12.2. The van der Waals surface area contributed by atoms with Gasteiger partial charge in [0.2, 0.25) is 11.7 Å². The molecule has 0 aromatic heterocycles. The zero-order valence-corrected chi connectivity index (χ0v) is 16.4. The van der Waals surface area contributed by atoms with E-state index < -0.39 is 11.6 Å². The second-order valence-corrected chi connectivity index (χ2v) is 6.43. The molecule has 0 aliphatic carbocycles. The minimum Gasteiger partial charge on any atom is -0.490 e. The van der Waals surface area contributed by atoms with Crippen molar-refractivity contribution in [3.63, 3.8) is 0 Å². The lowest BCUT2D eigenvalue weighted by molar-refractivity contribution is 0.236. The summed E-state index contributed by atoms with van der Waals surface area (Å²) >= 11 is 0. The van der Waals surface area contributed by atoms with Crippen LogP contribution in [0.1, 0.15) is 41.5 Å². The Morgan fingerprint density at radius 3 is 1.92 bits per heavy atom. The molecule has 1 aromatic carbocycles. The molecule has 0 fully saturated rings. The minimum absolute atomic E-state index is 0.166. The van der Waals surface area contributed by atoms with Crippen LogP contribution in [0.2, 0.25) is 0 Å². The molecular formula is C18H30N4O4. The van der Waals surface area contributed by atoms with Crippen LogP contribution in [0, 0.1) is 5.41 Å². The van der Waals surface area contributed by atoms with E-state index in [0.717, 1.165) is 0 Å². The lowest BCUT2D eigenvalue weighted by Gasteiger charge is -2.21. The molecular weight excluding hydrogens is 336 g/mol. The molecule has 0 aliphatic rings. The fourth-order valence-corrected chi connectivity index (χ4v) is 2.12. The zero-order valence-electron chi connectivity index (χ0n) is 16.4. The van der Waals surface area contributed by atoms with Gasteiger partial charge < -0.3 is 24.8 Å². The smallest absolute Gasteiger partial charge is 0.321 e. The molecule has 0 saturated heterocycles. The van der Waals surface area contributed by atoms with E-state index in [1.54, 1.807) is 12.1 Å². The predicted octanol–water partition coefficient (Wildman–Crippen LogP) is 3.33. The predicted molar refractivity (Wildman–Crippen MR) is 103 cm³/mol. The number of rotatable bonds is 7. The highest BCUT2D eigenvalue weighted by molar-refractivity contribution is 6.02. The van der Waals surface area contributed by atoms with Crippen molar-refractivity contribution in [1.29, 1.82) is 5.41 Å². The van der Waals surface area contributed by atoms with E-state index in [9.17, 15) is 4.79 Å². The van der Waals surface area contributed by atoms with E-state index in [0.29, 0.717) is 42.8 Å². The summed E-state index contributed by atoms with van der Waals surface area (Å²) < 4.78 is 16.9. The summed E-state index contributed by atoms with van der Waals surface area (Å²) in [6.45, 7) is 12.6. The van der Waals surface area contributed by atoms with Gasteiger partial charge in [-0.1, -0.05) is 0 Å². The molecule has 0 unspecified atom stereocenters.